The fourth-order valence-corrected chi connectivity index (χ4v) is 2.91. The van der Waals surface area contributed by atoms with E-state index in [-0.39, 0.29) is 23.5 Å². The number of H-pyrrole nitrogens is 1. The van der Waals surface area contributed by atoms with Gasteiger partial charge < -0.3 is 16.4 Å². The van der Waals surface area contributed by atoms with Crippen LogP contribution in [0, 0.1) is 0 Å². The molecule has 1 aromatic heterocycles. The molecule has 3 rings (SSSR count). The lowest BCUT2D eigenvalue weighted by Gasteiger charge is -2.11. The molecule has 0 bridgehead atoms. The first-order chi connectivity index (χ1) is 13.1. The van der Waals surface area contributed by atoms with E-state index in [0.29, 0.717) is 23.0 Å². The van der Waals surface area contributed by atoms with E-state index in [9.17, 15) is 9.59 Å². The van der Waals surface area contributed by atoms with E-state index >= 15 is 0 Å². The van der Waals surface area contributed by atoms with Crippen LogP contribution in [0.4, 0.5) is 11.6 Å². The highest BCUT2D eigenvalue weighted by Crippen LogP contribution is 2.17. The van der Waals surface area contributed by atoms with Gasteiger partial charge in [0, 0.05) is 6.54 Å². The van der Waals surface area contributed by atoms with Gasteiger partial charge in [-0.1, -0.05) is 54.2 Å². The lowest BCUT2D eigenvalue weighted by Crippen LogP contribution is -2.25. The van der Waals surface area contributed by atoms with E-state index in [4.69, 9.17) is 5.73 Å². The van der Waals surface area contributed by atoms with Gasteiger partial charge in [0.1, 0.15) is 0 Å². The van der Waals surface area contributed by atoms with Gasteiger partial charge >= 0.3 is 0 Å². The number of nitrogens with zero attached hydrogens (tertiary/aromatic N) is 2. The molecule has 0 atom stereocenters. The number of nitrogens with two attached hydrogens (primary N) is 1. The summed E-state index contributed by atoms with van der Waals surface area (Å²) in [4.78, 5) is 28.6. The molecule has 5 N–H and O–H groups in total. The number of nitrogen functional groups attached to an aromatic ring is 1. The molecule has 138 valence electrons. The molecule has 0 aliphatic heterocycles. The van der Waals surface area contributed by atoms with Gasteiger partial charge in [-0.25, -0.2) is 5.10 Å². The molecule has 1 heterocycles. The van der Waals surface area contributed by atoms with E-state index < -0.39 is 0 Å². The minimum atomic E-state index is -0.272. The molecular formula is C18H18N6O2S. The number of thioether (sulfide) groups is 1. The topological polar surface area (TPSA) is 126 Å². The molecule has 0 saturated carbocycles. The number of hydrogen-bond donors (Lipinski definition) is 4. The Morgan fingerprint density at radius 2 is 1.81 bits per heavy atom. The number of rotatable bonds is 7. The average Bonchev–Trinajstić information content (AvgIpc) is 3.11. The van der Waals surface area contributed by atoms with Crippen molar-refractivity contribution in [3.63, 3.8) is 0 Å². The molecule has 0 aliphatic rings. The van der Waals surface area contributed by atoms with Gasteiger partial charge in [0.2, 0.25) is 17.0 Å². The van der Waals surface area contributed by atoms with Gasteiger partial charge in [-0.15, -0.1) is 5.10 Å². The quantitative estimate of drug-likeness (QED) is 0.463. The molecule has 0 spiro atoms. The second kappa shape index (κ2) is 8.86. The summed E-state index contributed by atoms with van der Waals surface area (Å²) in [5, 5.41) is 12.3. The summed E-state index contributed by atoms with van der Waals surface area (Å²) in [5.74, 6) is -0.244. The third-order valence-corrected chi connectivity index (χ3v) is 4.40. The van der Waals surface area contributed by atoms with Crippen molar-refractivity contribution in [3.05, 3.63) is 65.7 Å². The molecule has 27 heavy (non-hydrogen) atoms. The van der Waals surface area contributed by atoms with Crippen LogP contribution in [0.1, 0.15) is 15.9 Å². The molecule has 0 saturated heterocycles. The Bertz CT molecular complexity index is 928. The largest absolute Gasteiger partial charge is 0.368 e. The zero-order valence-electron chi connectivity index (χ0n) is 14.3. The highest BCUT2D eigenvalue weighted by Gasteiger charge is 2.14. The van der Waals surface area contributed by atoms with Crippen molar-refractivity contribution in [2.24, 2.45) is 0 Å². The first kappa shape index (κ1) is 18.5. The summed E-state index contributed by atoms with van der Waals surface area (Å²) in [6.07, 6.45) is 0. The highest BCUT2D eigenvalue weighted by atomic mass is 32.2. The molecule has 2 amide bonds. The Balaban J connectivity index is 1.59. The lowest BCUT2D eigenvalue weighted by atomic mass is 10.1. The van der Waals surface area contributed by atoms with E-state index in [1.807, 2.05) is 30.3 Å². The first-order valence-corrected chi connectivity index (χ1v) is 9.12. The number of aromatic nitrogens is 3. The smallest absolute Gasteiger partial charge is 0.253 e. The standard InChI is InChI=1S/C18H18N6O2S/c19-17-22-18(24-23-17)27-11-15(25)21-14-9-5-4-8-13(14)16(26)20-10-12-6-2-1-3-7-12/h1-9H,10-11H2,(H,20,26)(H,21,25)(H3,19,22,23,24). The molecule has 3 aromatic rings. The monoisotopic (exact) mass is 382 g/mol. The average molecular weight is 382 g/mol. The van der Waals surface area contributed by atoms with Crippen LogP contribution in [0.25, 0.3) is 0 Å². The first-order valence-electron chi connectivity index (χ1n) is 8.13. The summed E-state index contributed by atoms with van der Waals surface area (Å²) < 4.78 is 0. The Hall–Kier alpha value is -3.33. The number of anilines is 2. The maximum atomic E-state index is 12.5. The number of benzene rings is 2. The van der Waals surface area contributed by atoms with Gasteiger partial charge in [-0.05, 0) is 17.7 Å². The number of nitrogens with one attached hydrogen (secondary N) is 3. The van der Waals surface area contributed by atoms with Crippen molar-refractivity contribution >= 4 is 35.2 Å². The molecule has 0 aliphatic carbocycles. The number of carbonyl (C=O) groups excluding carboxylic acids is 2. The van der Waals surface area contributed by atoms with Crippen molar-refractivity contribution < 1.29 is 9.59 Å². The Labute approximate surface area is 160 Å². The maximum Gasteiger partial charge on any atom is 0.253 e. The lowest BCUT2D eigenvalue weighted by molar-refractivity contribution is -0.113. The minimum Gasteiger partial charge on any atom is -0.368 e. The van der Waals surface area contributed by atoms with E-state index in [2.05, 4.69) is 25.8 Å². The van der Waals surface area contributed by atoms with Crippen molar-refractivity contribution in [2.75, 3.05) is 16.8 Å². The number of carbonyl (C=O) groups is 2. The van der Waals surface area contributed by atoms with Crippen LogP contribution in [-0.2, 0) is 11.3 Å². The third kappa shape index (κ3) is 5.32. The van der Waals surface area contributed by atoms with Gasteiger partial charge in [0.25, 0.3) is 5.91 Å². The fourth-order valence-electron chi connectivity index (χ4n) is 2.30. The molecule has 0 fully saturated rings. The Morgan fingerprint density at radius 3 is 2.56 bits per heavy atom. The van der Waals surface area contributed by atoms with Crippen LogP contribution in [0.5, 0.6) is 0 Å². The second-order valence-electron chi connectivity index (χ2n) is 5.55. The molecule has 0 unspecified atom stereocenters. The SMILES string of the molecule is Nc1nc(SCC(=O)Nc2ccccc2C(=O)NCc2ccccc2)n[nH]1. The number of hydrogen-bond acceptors (Lipinski definition) is 6. The zero-order valence-corrected chi connectivity index (χ0v) is 15.1. The Kier molecular flexibility index (Phi) is 6.06. The van der Waals surface area contributed by atoms with E-state index in [1.165, 1.54) is 0 Å². The maximum absolute atomic E-state index is 12.5. The van der Waals surface area contributed by atoms with E-state index in [0.717, 1.165) is 17.3 Å². The molecular weight excluding hydrogens is 364 g/mol. The van der Waals surface area contributed by atoms with Crippen LogP contribution in [-0.4, -0.2) is 32.7 Å². The van der Waals surface area contributed by atoms with E-state index in [1.54, 1.807) is 24.3 Å². The Morgan fingerprint density at radius 1 is 1.07 bits per heavy atom. The molecule has 2 aromatic carbocycles. The fraction of sp³-hybridized carbons (Fsp3) is 0.111. The minimum absolute atomic E-state index is 0.0945. The van der Waals surface area contributed by atoms with Crippen LogP contribution >= 0.6 is 11.8 Å². The van der Waals surface area contributed by atoms with Crippen molar-refractivity contribution in [1.29, 1.82) is 0 Å². The highest BCUT2D eigenvalue weighted by molar-refractivity contribution is 7.99. The molecule has 9 heteroatoms. The van der Waals surface area contributed by atoms with Crippen molar-refractivity contribution in [3.8, 4) is 0 Å². The normalized spacial score (nSPS) is 10.4. The summed E-state index contributed by atoms with van der Waals surface area (Å²) in [7, 11) is 0. The van der Waals surface area contributed by atoms with Crippen molar-refractivity contribution in [2.45, 2.75) is 11.7 Å². The number of para-hydroxylation sites is 1. The zero-order chi connectivity index (χ0) is 19.1. The third-order valence-electron chi connectivity index (χ3n) is 3.56. The van der Waals surface area contributed by atoms with Crippen LogP contribution in [0.2, 0.25) is 0 Å². The van der Waals surface area contributed by atoms with Crippen LogP contribution < -0.4 is 16.4 Å². The summed E-state index contributed by atoms with van der Waals surface area (Å²) in [6.45, 7) is 0.407. The summed E-state index contributed by atoms with van der Waals surface area (Å²) in [5.41, 5.74) is 7.28. The molecule has 0 radical (unpaired) electrons. The van der Waals surface area contributed by atoms with Crippen LogP contribution in [0.3, 0.4) is 0 Å². The van der Waals surface area contributed by atoms with Gasteiger partial charge in [-0.2, -0.15) is 4.98 Å². The van der Waals surface area contributed by atoms with Gasteiger partial charge in [0.05, 0.1) is 17.0 Å². The predicted octanol–water partition coefficient (Wildman–Crippen LogP) is 2.05. The van der Waals surface area contributed by atoms with Gasteiger partial charge in [-0.3, -0.25) is 9.59 Å². The number of amides is 2. The molecule has 8 nitrogen and oxygen atoms in total. The summed E-state index contributed by atoms with van der Waals surface area (Å²) in [6, 6.07) is 16.5. The summed E-state index contributed by atoms with van der Waals surface area (Å²) >= 11 is 1.14. The number of aromatic amines is 1. The van der Waals surface area contributed by atoms with Crippen molar-refractivity contribution in [1.82, 2.24) is 20.5 Å². The second-order valence-corrected chi connectivity index (χ2v) is 6.50. The van der Waals surface area contributed by atoms with Gasteiger partial charge in [0.15, 0.2) is 0 Å². The van der Waals surface area contributed by atoms with Crippen LogP contribution in [0.15, 0.2) is 59.8 Å². The predicted molar refractivity (Wildman–Crippen MR) is 104 cm³/mol.